The van der Waals surface area contributed by atoms with Gasteiger partial charge in [-0.1, -0.05) is 0 Å². The van der Waals surface area contributed by atoms with E-state index in [1.165, 1.54) is 6.39 Å². The third-order valence-corrected chi connectivity index (χ3v) is 3.05. The molecule has 1 aromatic heterocycles. The van der Waals surface area contributed by atoms with Crippen LogP contribution in [0.15, 0.2) is 33.5 Å². The summed E-state index contributed by atoms with van der Waals surface area (Å²) in [6.45, 7) is 0. The van der Waals surface area contributed by atoms with Crippen molar-refractivity contribution in [2.75, 3.05) is 7.11 Å². The number of halogens is 2. The molecule has 2 aromatic rings. The van der Waals surface area contributed by atoms with E-state index < -0.39 is 0 Å². The Kier molecular flexibility index (Phi) is 3.51. The van der Waals surface area contributed by atoms with Gasteiger partial charge in [-0.05, 0) is 34.1 Å². The lowest BCUT2D eigenvalue weighted by Crippen LogP contribution is -1.86. The van der Waals surface area contributed by atoms with Gasteiger partial charge in [-0.25, -0.2) is 4.98 Å². The summed E-state index contributed by atoms with van der Waals surface area (Å²) in [5.74, 6) is 1.80. The first-order valence-electron chi connectivity index (χ1n) is 4.58. The van der Waals surface area contributed by atoms with E-state index in [1.807, 2.05) is 18.2 Å². The topological polar surface area (TPSA) is 35.3 Å². The summed E-state index contributed by atoms with van der Waals surface area (Å²) in [5, 5.41) is 0. The van der Waals surface area contributed by atoms with Crippen LogP contribution in [-0.4, -0.2) is 12.1 Å². The van der Waals surface area contributed by atoms with Crippen molar-refractivity contribution in [2.24, 2.45) is 0 Å². The van der Waals surface area contributed by atoms with Gasteiger partial charge in [0.2, 0.25) is 0 Å². The molecule has 2 rings (SSSR count). The molecule has 0 aliphatic rings. The van der Waals surface area contributed by atoms with E-state index in [4.69, 9.17) is 20.8 Å². The van der Waals surface area contributed by atoms with E-state index in [0.29, 0.717) is 11.6 Å². The average Bonchev–Trinajstić information content (AvgIpc) is 2.77. The molecule has 1 heterocycles. The van der Waals surface area contributed by atoms with Gasteiger partial charge >= 0.3 is 0 Å². The van der Waals surface area contributed by atoms with Gasteiger partial charge in [0.1, 0.15) is 11.4 Å². The third-order valence-electron chi connectivity index (χ3n) is 2.18. The Morgan fingerprint density at radius 2 is 2.31 bits per heavy atom. The number of alkyl halides is 1. The van der Waals surface area contributed by atoms with E-state index in [1.54, 1.807) is 7.11 Å². The summed E-state index contributed by atoms with van der Waals surface area (Å²) in [6, 6.07) is 5.68. The molecule has 3 nitrogen and oxygen atoms in total. The Labute approximate surface area is 107 Å². The Morgan fingerprint density at radius 3 is 2.94 bits per heavy atom. The van der Waals surface area contributed by atoms with E-state index >= 15 is 0 Å². The van der Waals surface area contributed by atoms with Crippen LogP contribution in [0.4, 0.5) is 0 Å². The van der Waals surface area contributed by atoms with Gasteiger partial charge in [-0.15, -0.1) is 11.6 Å². The minimum Gasteiger partial charge on any atom is -0.496 e. The fourth-order valence-electron chi connectivity index (χ4n) is 1.41. The van der Waals surface area contributed by atoms with Crippen molar-refractivity contribution in [3.63, 3.8) is 0 Å². The van der Waals surface area contributed by atoms with Crippen LogP contribution in [0.25, 0.3) is 11.3 Å². The highest BCUT2D eigenvalue weighted by atomic mass is 79.9. The second-order valence-corrected chi connectivity index (χ2v) is 4.23. The van der Waals surface area contributed by atoms with Gasteiger partial charge < -0.3 is 9.15 Å². The lowest BCUT2D eigenvalue weighted by Gasteiger charge is -2.04. The number of oxazole rings is 1. The predicted octanol–water partition coefficient (Wildman–Crippen LogP) is 3.85. The SMILES string of the molecule is COc1ccc(-c2ocnc2CCl)cc1Br. The first-order valence-corrected chi connectivity index (χ1v) is 5.91. The van der Waals surface area contributed by atoms with Crippen molar-refractivity contribution in [2.45, 2.75) is 5.88 Å². The maximum atomic E-state index is 5.76. The highest BCUT2D eigenvalue weighted by Crippen LogP contribution is 2.32. The molecule has 0 fully saturated rings. The summed E-state index contributed by atoms with van der Waals surface area (Å²) < 4.78 is 11.3. The second-order valence-electron chi connectivity index (χ2n) is 3.11. The summed E-state index contributed by atoms with van der Waals surface area (Å²) in [7, 11) is 1.62. The van der Waals surface area contributed by atoms with E-state index in [-0.39, 0.29) is 0 Å². The van der Waals surface area contributed by atoms with Crippen LogP contribution in [0.1, 0.15) is 5.69 Å². The quantitative estimate of drug-likeness (QED) is 0.808. The highest BCUT2D eigenvalue weighted by molar-refractivity contribution is 9.10. The molecule has 0 aliphatic heterocycles. The summed E-state index contributed by atoms with van der Waals surface area (Å²) in [5.41, 5.74) is 1.65. The normalized spacial score (nSPS) is 10.4. The molecule has 0 saturated carbocycles. The zero-order valence-electron chi connectivity index (χ0n) is 8.54. The molecule has 0 amide bonds. The zero-order chi connectivity index (χ0) is 11.5. The van der Waals surface area contributed by atoms with E-state index in [2.05, 4.69) is 20.9 Å². The standard InChI is InChI=1S/C11H9BrClNO2/c1-15-10-3-2-7(4-8(10)12)11-9(5-13)14-6-16-11/h2-4,6H,5H2,1H3. The van der Waals surface area contributed by atoms with Crippen LogP contribution in [-0.2, 0) is 5.88 Å². The lowest BCUT2D eigenvalue weighted by atomic mass is 10.1. The number of hydrogen-bond donors (Lipinski definition) is 0. The molecule has 0 atom stereocenters. The number of ether oxygens (including phenoxy) is 1. The number of rotatable bonds is 3. The van der Waals surface area contributed by atoms with Crippen molar-refractivity contribution in [3.05, 3.63) is 34.8 Å². The lowest BCUT2D eigenvalue weighted by molar-refractivity contribution is 0.412. The summed E-state index contributed by atoms with van der Waals surface area (Å²) in [6.07, 6.45) is 1.39. The largest absolute Gasteiger partial charge is 0.496 e. The maximum Gasteiger partial charge on any atom is 0.181 e. The highest BCUT2D eigenvalue weighted by Gasteiger charge is 2.11. The van der Waals surface area contributed by atoms with Crippen molar-refractivity contribution in [3.8, 4) is 17.1 Å². The van der Waals surface area contributed by atoms with Crippen LogP contribution >= 0.6 is 27.5 Å². The van der Waals surface area contributed by atoms with Crippen LogP contribution in [0.2, 0.25) is 0 Å². The molecule has 0 N–H and O–H groups in total. The van der Waals surface area contributed by atoms with Crippen LogP contribution in [0.5, 0.6) is 5.75 Å². The van der Waals surface area contributed by atoms with Gasteiger partial charge in [-0.2, -0.15) is 0 Å². The third kappa shape index (κ3) is 2.08. The second kappa shape index (κ2) is 4.89. The molecule has 0 aliphatic carbocycles. The smallest absolute Gasteiger partial charge is 0.181 e. The summed E-state index contributed by atoms with van der Waals surface area (Å²) >= 11 is 9.18. The van der Waals surface area contributed by atoms with E-state index in [0.717, 1.165) is 21.5 Å². The molecule has 0 saturated heterocycles. The van der Waals surface area contributed by atoms with Crippen LogP contribution < -0.4 is 4.74 Å². The van der Waals surface area contributed by atoms with E-state index in [9.17, 15) is 0 Å². The number of hydrogen-bond acceptors (Lipinski definition) is 3. The Morgan fingerprint density at radius 1 is 1.50 bits per heavy atom. The summed E-state index contributed by atoms with van der Waals surface area (Å²) in [4.78, 5) is 4.04. The fourth-order valence-corrected chi connectivity index (χ4v) is 2.14. The van der Waals surface area contributed by atoms with Gasteiger partial charge in [0.05, 0.1) is 17.5 Å². The Balaban J connectivity index is 2.45. The van der Waals surface area contributed by atoms with Gasteiger partial charge in [0.25, 0.3) is 0 Å². The molecule has 0 radical (unpaired) electrons. The molecule has 0 unspecified atom stereocenters. The molecule has 0 spiro atoms. The molecule has 16 heavy (non-hydrogen) atoms. The first-order chi connectivity index (χ1) is 7.76. The van der Waals surface area contributed by atoms with Crippen LogP contribution in [0, 0.1) is 0 Å². The van der Waals surface area contributed by atoms with Gasteiger partial charge in [0.15, 0.2) is 12.2 Å². The van der Waals surface area contributed by atoms with Crippen molar-refractivity contribution in [1.82, 2.24) is 4.98 Å². The Bertz CT molecular complexity index is 498. The molecule has 0 bridgehead atoms. The van der Waals surface area contributed by atoms with Crippen molar-refractivity contribution < 1.29 is 9.15 Å². The van der Waals surface area contributed by atoms with Gasteiger partial charge in [-0.3, -0.25) is 0 Å². The Hall–Kier alpha value is -1.00. The minimum atomic E-state index is 0.329. The number of benzene rings is 1. The molecular formula is C11H9BrClNO2. The fraction of sp³-hybridized carbons (Fsp3) is 0.182. The van der Waals surface area contributed by atoms with Crippen molar-refractivity contribution >= 4 is 27.5 Å². The van der Waals surface area contributed by atoms with Crippen molar-refractivity contribution in [1.29, 1.82) is 0 Å². The molecule has 84 valence electrons. The molecule has 1 aromatic carbocycles. The van der Waals surface area contributed by atoms with Crippen LogP contribution in [0.3, 0.4) is 0 Å². The molecular weight excluding hydrogens is 293 g/mol. The maximum absolute atomic E-state index is 5.76. The monoisotopic (exact) mass is 301 g/mol. The average molecular weight is 303 g/mol. The predicted molar refractivity (Wildman–Crippen MR) is 65.7 cm³/mol. The molecule has 5 heteroatoms. The zero-order valence-corrected chi connectivity index (χ0v) is 10.9. The van der Waals surface area contributed by atoms with Gasteiger partial charge in [0, 0.05) is 5.56 Å². The number of aromatic nitrogens is 1. The minimum absolute atomic E-state index is 0.329. The number of nitrogens with zero attached hydrogens (tertiary/aromatic N) is 1. The first kappa shape index (κ1) is 11.5. The number of methoxy groups -OCH3 is 1.